The lowest BCUT2D eigenvalue weighted by Gasteiger charge is -2.27. The van der Waals surface area contributed by atoms with Gasteiger partial charge in [0.15, 0.2) is 0 Å². The highest BCUT2D eigenvalue weighted by Gasteiger charge is 2.21. The van der Waals surface area contributed by atoms with Gasteiger partial charge < -0.3 is 4.90 Å². The summed E-state index contributed by atoms with van der Waals surface area (Å²) in [4.78, 5) is 2.10. The van der Waals surface area contributed by atoms with Crippen LogP contribution in [-0.4, -0.2) is 42.8 Å². The van der Waals surface area contributed by atoms with Crippen LogP contribution in [0.25, 0.3) is 0 Å². The molecule has 13 heavy (non-hydrogen) atoms. The van der Waals surface area contributed by atoms with Gasteiger partial charge in [-0.2, -0.15) is 8.42 Å². The molecule has 1 aliphatic heterocycles. The molecule has 1 unspecified atom stereocenters. The molecule has 1 saturated heterocycles. The van der Waals surface area contributed by atoms with Gasteiger partial charge in [-0.05, 0) is 32.9 Å². The monoisotopic (exact) mass is 207 g/mol. The van der Waals surface area contributed by atoms with E-state index in [-0.39, 0.29) is 0 Å². The van der Waals surface area contributed by atoms with Crippen molar-refractivity contribution in [1.29, 1.82) is 0 Å². The smallest absolute Gasteiger partial charge is 0.268 e. The van der Waals surface area contributed by atoms with Crippen LogP contribution in [0, 0.1) is 0 Å². The van der Waals surface area contributed by atoms with Crippen LogP contribution in [0.2, 0.25) is 0 Å². The molecule has 1 N–H and O–H groups in total. The molecule has 0 aromatic heterocycles. The minimum Gasteiger partial charge on any atom is -0.302 e. The Bertz CT molecular complexity index is 244. The second kappa shape index (κ2) is 4.39. The van der Waals surface area contributed by atoms with Crippen molar-refractivity contribution in [3.8, 4) is 0 Å². The van der Waals surface area contributed by atoms with E-state index in [0.29, 0.717) is 6.54 Å². The van der Waals surface area contributed by atoms with E-state index in [1.807, 2.05) is 0 Å². The molecule has 1 atom stereocenters. The molecule has 1 rings (SSSR count). The Hall–Kier alpha value is -0.130. The number of nitrogens with zero attached hydrogens (tertiary/aromatic N) is 1. The molecule has 0 radical (unpaired) electrons. The first-order valence-corrected chi connectivity index (χ1v) is 6.19. The SMILES string of the molecule is CC(CN1CCCCC1)S(=O)(=O)O. The number of piperidine rings is 1. The van der Waals surface area contributed by atoms with Gasteiger partial charge in [-0.25, -0.2) is 0 Å². The van der Waals surface area contributed by atoms with Crippen LogP contribution >= 0.6 is 0 Å². The number of hydrogen-bond donors (Lipinski definition) is 1. The molecule has 4 nitrogen and oxygen atoms in total. The summed E-state index contributed by atoms with van der Waals surface area (Å²) in [5.74, 6) is 0. The predicted molar refractivity (Wildman–Crippen MR) is 51.3 cm³/mol. The van der Waals surface area contributed by atoms with Gasteiger partial charge in [-0.3, -0.25) is 4.55 Å². The van der Waals surface area contributed by atoms with Crippen LogP contribution in [0.3, 0.4) is 0 Å². The molecule has 0 bridgehead atoms. The van der Waals surface area contributed by atoms with Crippen molar-refractivity contribution in [3.63, 3.8) is 0 Å². The molecule has 5 heteroatoms. The second-order valence-electron chi connectivity index (χ2n) is 3.69. The minimum absolute atomic E-state index is 0.457. The van der Waals surface area contributed by atoms with Crippen molar-refractivity contribution < 1.29 is 13.0 Å². The molecule has 0 saturated carbocycles. The molecule has 0 aromatic rings. The summed E-state index contributed by atoms with van der Waals surface area (Å²) in [6.45, 7) is 3.92. The summed E-state index contributed by atoms with van der Waals surface area (Å²) in [6.07, 6.45) is 3.51. The Kier molecular flexibility index (Phi) is 3.70. The molecule has 0 aromatic carbocycles. The van der Waals surface area contributed by atoms with Crippen molar-refractivity contribution in [2.45, 2.75) is 31.4 Å². The minimum atomic E-state index is -3.84. The van der Waals surface area contributed by atoms with Gasteiger partial charge in [0.2, 0.25) is 0 Å². The highest BCUT2D eigenvalue weighted by molar-refractivity contribution is 7.86. The lowest BCUT2D eigenvalue weighted by Crippen LogP contribution is -2.38. The zero-order chi connectivity index (χ0) is 9.90. The first-order valence-electron chi connectivity index (χ1n) is 4.69. The fraction of sp³-hybridized carbons (Fsp3) is 1.00. The van der Waals surface area contributed by atoms with E-state index in [1.54, 1.807) is 6.92 Å². The molecule has 1 fully saturated rings. The number of likely N-dealkylation sites (tertiary alicyclic amines) is 1. The molecule has 0 aliphatic carbocycles. The van der Waals surface area contributed by atoms with Crippen LogP contribution in [0.15, 0.2) is 0 Å². The fourth-order valence-corrected chi connectivity index (χ4v) is 2.00. The van der Waals surface area contributed by atoms with E-state index in [2.05, 4.69) is 4.90 Å². The Morgan fingerprint density at radius 3 is 2.31 bits per heavy atom. The van der Waals surface area contributed by atoms with Gasteiger partial charge in [-0.1, -0.05) is 6.42 Å². The summed E-state index contributed by atoms with van der Waals surface area (Å²) >= 11 is 0. The first kappa shape index (κ1) is 10.9. The average Bonchev–Trinajstić information content (AvgIpc) is 2.04. The second-order valence-corrected chi connectivity index (χ2v) is 5.52. The Morgan fingerprint density at radius 2 is 1.85 bits per heavy atom. The third kappa shape index (κ3) is 3.62. The molecule has 78 valence electrons. The van der Waals surface area contributed by atoms with E-state index in [4.69, 9.17) is 4.55 Å². The maximum atomic E-state index is 10.7. The van der Waals surface area contributed by atoms with Gasteiger partial charge in [0.1, 0.15) is 0 Å². The Balaban J connectivity index is 2.39. The number of rotatable bonds is 3. The van der Waals surface area contributed by atoms with E-state index in [9.17, 15) is 8.42 Å². The largest absolute Gasteiger partial charge is 0.302 e. The van der Waals surface area contributed by atoms with Crippen LogP contribution in [0.1, 0.15) is 26.2 Å². The normalized spacial score (nSPS) is 22.9. The Labute approximate surface area is 79.7 Å². The van der Waals surface area contributed by atoms with Gasteiger partial charge in [0, 0.05) is 6.54 Å². The van der Waals surface area contributed by atoms with E-state index in [1.165, 1.54) is 6.42 Å². The highest BCUT2D eigenvalue weighted by atomic mass is 32.2. The molecule has 1 heterocycles. The molecule has 0 amide bonds. The van der Waals surface area contributed by atoms with Crippen LogP contribution in [0.5, 0.6) is 0 Å². The van der Waals surface area contributed by atoms with Gasteiger partial charge >= 0.3 is 0 Å². The van der Waals surface area contributed by atoms with E-state index in [0.717, 1.165) is 25.9 Å². The van der Waals surface area contributed by atoms with Crippen LogP contribution < -0.4 is 0 Å². The fourth-order valence-electron chi connectivity index (χ4n) is 1.60. The summed E-state index contributed by atoms with van der Waals surface area (Å²) in [5, 5.41) is -0.661. The van der Waals surface area contributed by atoms with Crippen molar-refractivity contribution in [2.75, 3.05) is 19.6 Å². The van der Waals surface area contributed by atoms with Gasteiger partial charge in [0.25, 0.3) is 10.1 Å². The maximum Gasteiger partial charge on any atom is 0.268 e. The Morgan fingerprint density at radius 1 is 1.31 bits per heavy atom. The molecular weight excluding hydrogens is 190 g/mol. The third-order valence-electron chi connectivity index (χ3n) is 2.47. The lowest BCUT2D eigenvalue weighted by molar-refractivity contribution is 0.228. The first-order chi connectivity index (χ1) is 6.00. The molecular formula is C8H17NO3S. The average molecular weight is 207 g/mol. The molecule has 0 spiro atoms. The van der Waals surface area contributed by atoms with Crippen molar-refractivity contribution in [3.05, 3.63) is 0 Å². The zero-order valence-corrected chi connectivity index (χ0v) is 8.76. The third-order valence-corrected chi connectivity index (χ3v) is 3.64. The van der Waals surface area contributed by atoms with Crippen molar-refractivity contribution >= 4 is 10.1 Å². The highest BCUT2D eigenvalue weighted by Crippen LogP contribution is 2.10. The summed E-state index contributed by atoms with van der Waals surface area (Å²) in [5.41, 5.74) is 0. The number of hydrogen-bond acceptors (Lipinski definition) is 3. The van der Waals surface area contributed by atoms with Gasteiger partial charge in [0.05, 0.1) is 5.25 Å². The molecule has 1 aliphatic rings. The lowest BCUT2D eigenvalue weighted by atomic mass is 10.1. The van der Waals surface area contributed by atoms with Gasteiger partial charge in [-0.15, -0.1) is 0 Å². The maximum absolute atomic E-state index is 10.7. The quantitative estimate of drug-likeness (QED) is 0.694. The summed E-state index contributed by atoms with van der Waals surface area (Å²) in [6, 6.07) is 0. The van der Waals surface area contributed by atoms with Crippen LogP contribution in [-0.2, 0) is 10.1 Å². The van der Waals surface area contributed by atoms with Crippen molar-refractivity contribution in [2.24, 2.45) is 0 Å². The topological polar surface area (TPSA) is 57.6 Å². The van der Waals surface area contributed by atoms with Crippen LogP contribution in [0.4, 0.5) is 0 Å². The predicted octanol–water partition coefficient (Wildman–Crippen LogP) is 0.749. The van der Waals surface area contributed by atoms with E-state index < -0.39 is 15.4 Å². The standard InChI is InChI=1S/C8H17NO3S/c1-8(13(10,11)12)7-9-5-3-2-4-6-9/h8H,2-7H2,1H3,(H,10,11,12). The van der Waals surface area contributed by atoms with Crippen molar-refractivity contribution in [1.82, 2.24) is 4.90 Å². The summed E-state index contributed by atoms with van der Waals surface area (Å²) in [7, 11) is -3.84. The zero-order valence-electron chi connectivity index (χ0n) is 7.94. The summed E-state index contributed by atoms with van der Waals surface area (Å²) < 4.78 is 30.2. The van der Waals surface area contributed by atoms with E-state index >= 15 is 0 Å².